The van der Waals surface area contributed by atoms with Crippen LogP contribution in [0.15, 0.2) is 52.4 Å². The second kappa shape index (κ2) is 7.18. The molecule has 2 N–H and O–H groups in total. The molecule has 1 aliphatic rings. The van der Waals surface area contributed by atoms with E-state index in [9.17, 15) is 17.2 Å². The molecule has 0 unspecified atom stereocenters. The average molecular weight is 405 g/mol. The molecule has 4 rings (SSSR count). The number of aromatic nitrogens is 1. The molecule has 8 heteroatoms. The fourth-order valence-corrected chi connectivity index (χ4v) is 5.02. The molecule has 0 saturated carbocycles. The van der Waals surface area contributed by atoms with E-state index in [4.69, 9.17) is 0 Å². The van der Waals surface area contributed by atoms with Crippen LogP contribution >= 0.6 is 0 Å². The number of likely N-dealkylation sites (tertiary alicyclic amines) is 1. The third-order valence-corrected chi connectivity index (χ3v) is 7.01. The van der Waals surface area contributed by atoms with Gasteiger partial charge in [0, 0.05) is 23.1 Å². The van der Waals surface area contributed by atoms with Gasteiger partial charge < -0.3 is 15.2 Å². The van der Waals surface area contributed by atoms with Crippen molar-refractivity contribution in [1.29, 1.82) is 0 Å². The Labute approximate surface area is 162 Å². The van der Waals surface area contributed by atoms with Gasteiger partial charge in [-0.1, -0.05) is 0 Å². The Balaban J connectivity index is 1.69. The molecule has 1 aromatic heterocycles. The number of nitrogens with zero attached hydrogens (tertiary/aromatic N) is 1. The molecule has 0 atom stereocenters. The minimum Gasteiger partial charge on any atom is -0.380 e. The maximum Gasteiger partial charge on any atom is 0.208 e. The molecule has 0 spiro atoms. The van der Waals surface area contributed by atoms with Gasteiger partial charge in [0.15, 0.2) is 0 Å². The molecule has 5 nitrogen and oxygen atoms in total. The van der Waals surface area contributed by atoms with Crippen LogP contribution in [-0.2, 0) is 9.84 Å². The van der Waals surface area contributed by atoms with Crippen LogP contribution < -0.4 is 5.32 Å². The maximum absolute atomic E-state index is 14.3. The van der Waals surface area contributed by atoms with E-state index in [0.29, 0.717) is 5.52 Å². The largest absolute Gasteiger partial charge is 0.380 e. The smallest absolute Gasteiger partial charge is 0.208 e. The van der Waals surface area contributed by atoms with Gasteiger partial charge in [-0.2, -0.15) is 0 Å². The second-order valence-corrected chi connectivity index (χ2v) is 9.13. The number of halogens is 2. The summed E-state index contributed by atoms with van der Waals surface area (Å²) in [6, 6.07) is 7.73. The summed E-state index contributed by atoms with van der Waals surface area (Å²) < 4.78 is 54.2. The Bertz CT molecular complexity index is 1120. The number of fused-ring (bicyclic) bond motifs is 1. The van der Waals surface area contributed by atoms with Gasteiger partial charge in [0.1, 0.15) is 11.6 Å². The Morgan fingerprint density at radius 1 is 1.11 bits per heavy atom. The number of hydrogen-bond donors (Lipinski definition) is 2. The van der Waals surface area contributed by atoms with Crippen LogP contribution in [0.1, 0.15) is 12.8 Å². The van der Waals surface area contributed by atoms with Crippen LogP contribution in [0.2, 0.25) is 0 Å². The Morgan fingerprint density at radius 3 is 2.61 bits per heavy atom. The first-order chi connectivity index (χ1) is 13.3. The van der Waals surface area contributed by atoms with Crippen molar-refractivity contribution in [3.63, 3.8) is 0 Å². The van der Waals surface area contributed by atoms with E-state index in [2.05, 4.69) is 15.2 Å². The van der Waals surface area contributed by atoms with E-state index in [0.717, 1.165) is 32.0 Å². The van der Waals surface area contributed by atoms with Gasteiger partial charge in [0.2, 0.25) is 9.84 Å². The van der Waals surface area contributed by atoms with Gasteiger partial charge >= 0.3 is 0 Å². The molecule has 2 aromatic carbocycles. The molecule has 0 radical (unpaired) electrons. The first kappa shape index (κ1) is 18.9. The lowest BCUT2D eigenvalue weighted by molar-refractivity contribution is 0.263. The Morgan fingerprint density at radius 2 is 1.86 bits per heavy atom. The fraction of sp³-hybridized carbons (Fsp3) is 0.300. The van der Waals surface area contributed by atoms with Gasteiger partial charge in [-0.05, 0) is 69.4 Å². The average Bonchev–Trinajstić information content (AvgIpc) is 3.09. The van der Waals surface area contributed by atoms with Gasteiger partial charge in [-0.25, -0.2) is 17.2 Å². The van der Waals surface area contributed by atoms with Crippen LogP contribution in [0.3, 0.4) is 0 Å². The molecular weight excluding hydrogens is 384 g/mol. The van der Waals surface area contributed by atoms with Crippen LogP contribution in [0.4, 0.5) is 14.5 Å². The lowest BCUT2D eigenvalue weighted by Gasteiger charge is -2.30. The summed E-state index contributed by atoms with van der Waals surface area (Å²) in [6.45, 7) is 1.80. The van der Waals surface area contributed by atoms with Crippen molar-refractivity contribution in [2.24, 2.45) is 0 Å². The molecule has 1 fully saturated rings. The molecule has 0 aliphatic carbocycles. The Kier molecular flexibility index (Phi) is 4.84. The molecule has 2 heterocycles. The normalized spacial score (nSPS) is 16.5. The number of hydrogen-bond acceptors (Lipinski definition) is 4. The van der Waals surface area contributed by atoms with Crippen molar-refractivity contribution in [2.45, 2.75) is 28.7 Å². The molecule has 1 saturated heterocycles. The standard InChI is InChI=1S/C20H21F2N3O2S/c1-25-8-6-14(7-9-25)24-19-11-15(3-4-17(19)22)28(26,27)20-12-23-18-5-2-13(21)10-16(18)20/h2-5,10-12,14,23-24H,6-9H2,1H3. The number of benzene rings is 2. The molecule has 1 aliphatic heterocycles. The summed E-state index contributed by atoms with van der Waals surface area (Å²) in [5, 5.41) is 3.41. The summed E-state index contributed by atoms with van der Waals surface area (Å²) >= 11 is 0. The van der Waals surface area contributed by atoms with Crippen molar-refractivity contribution in [3.05, 3.63) is 54.2 Å². The van der Waals surface area contributed by atoms with Gasteiger partial charge in [-0.15, -0.1) is 0 Å². The third kappa shape index (κ3) is 3.49. The minimum atomic E-state index is -3.94. The van der Waals surface area contributed by atoms with Crippen LogP contribution in [0, 0.1) is 11.6 Å². The maximum atomic E-state index is 14.3. The summed E-state index contributed by atoms with van der Waals surface area (Å²) in [7, 11) is -1.90. The van der Waals surface area contributed by atoms with Crippen molar-refractivity contribution in [1.82, 2.24) is 9.88 Å². The number of rotatable bonds is 4. The lowest BCUT2D eigenvalue weighted by Crippen LogP contribution is -2.36. The van der Waals surface area contributed by atoms with E-state index in [1.54, 1.807) is 0 Å². The van der Waals surface area contributed by atoms with Crippen molar-refractivity contribution >= 4 is 26.4 Å². The van der Waals surface area contributed by atoms with E-state index in [1.165, 1.54) is 36.5 Å². The highest BCUT2D eigenvalue weighted by atomic mass is 32.2. The zero-order valence-electron chi connectivity index (χ0n) is 15.4. The quantitative estimate of drug-likeness (QED) is 0.649. The van der Waals surface area contributed by atoms with E-state index in [-0.39, 0.29) is 26.9 Å². The molecule has 3 aromatic rings. The monoisotopic (exact) mass is 405 g/mol. The van der Waals surface area contributed by atoms with Crippen molar-refractivity contribution in [2.75, 3.05) is 25.5 Å². The highest BCUT2D eigenvalue weighted by Crippen LogP contribution is 2.31. The van der Waals surface area contributed by atoms with Gasteiger partial charge in [0.25, 0.3) is 0 Å². The van der Waals surface area contributed by atoms with Crippen molar-refractivity contribution in [3.8, 4) is 0 Å². The zero-order chi connectivity index (χ0) is 19.9. The van der Waals surface area contributed by atoms with E-state index < -0.39 is 21.5 Å². The van der Waals surface area contributed by atoms with E-state index in [1.807, 2.05) is 7.05 Å². The van der Waals surface area contributed by atoms with Gasteiger partial charge in [0.05, 0.1) is 15.5 Å². The Hall–Kier alpha value is -2.45. The molecular formula is C20H21F2N3O2S. The van der Waals surface area contributed by atoms with E-state index >= 15 is 0 Å². The van der Waals surface area contributed by atoms with Crippen molar-refractivity contribution < 1.29 is 17.2 Å². The molecule has 148 valence electrons. The zero-order valence-corrected chi connectivity index (χ0v) is 16.2. The van der Waals surface area contributed by atoms with Gasteiger partial charge in [-0.3, -0.25) is 0 Å². The second-order valence-electron chi connectivity index (χ2n) is 7.21. The molecule has 0 amide bonds. The summed E-state index contributed by atoms with van der Waals surface area (Å²) in [5.41, 5.74) is 0.688. The highest BCUT2D eigenvalue weighted by Gasteiger charge is 2.24. The number of nitrogens with one attached hydrogen (secondary N) is 2. The molecule has 28 heavy (non-hydrogen) atoms. The summed E-state index contributed by atoms with van der Waals surface area (Å²) in [4.78, 5) is 4.99. The SMILES string of the molecule is CN1CCC(Nc2cc(S(=O)(=O)c3c[nH]c4ccc(F)cc34)ccc2F)CC1. The first-order valence-electron chi connectivity index (χ1n) is 9.11. The number of piperidine rings is 1. The number of aromatic amines is 1. The summed E-state index contributed by atoms with van der Waals surface area (Å²) in [5.74, 6) is -1.02. The van der Waals surface area contributed by atoms with Crippen LogP contribution in [-0.4, -0.2) is 44.5 Å². The highest BCUT2D eigenvalue weighted by molar-refractivity contribution is 7.91. The number of anilines is 1. The topological polar surface area (TPSA) is 65.2 Å². The first-order valence-corrected chi connectivity index (χ1v) is 10.6. The third-order valence-electron chi connectivity index (χ3n) is 5.22. The predicted molar refractivity (Wildman–Crippen MR) is 104 cm³/mol. The molecule has 0 bridgehead atoms. The number of sulfone groups is 1. The fourth-order valence-electron chi connectivity index (χ4n) is 3.57. The minimum absolute atomic E-state index is 0.0288. The summed E-state index contributed by atoms with van der Waals surface area (Å²) in [6.07, 6.45) is 3.05. The van der Waals surface area contributed by atoms with Crippen LogP contribution in [0.25, 0.3) is 10.9 Å². The predicted octanol–water partition coefficient (Wildman–Crippen LogP) is 3.79. The van der Waals surface area contributed by atoms with Crippen LogP contribution in [0.5, 0.6) is 0 Å². The number of H-pyrrole nitrogens is 1. The lowest BCUT2D eigenvalue weighted by atomic mass is 10.1.